The fourth-order valence-corrected chi connectivity index (χ4v) is 4.93. The van der Waals surface area contributed by atoms with Gasteiger partial charge in [-0.15, -0.1) is 11.3 Å². The Morgan fingerprint density at radius 1 is 1.45 bits per heavy atom. The van der Waals surface area contributed by atoms with Crippen molar-refractivity contribution in [2.75, 3.05) is 30.0 Å². The Morgan fingerprint density at radius 3 is 2.85 bits per heavy atom. The number of nitrogens with one attached hydrogen (secondary N) is 1. The number of hydrogen-bond acceptors (Lipinski definition) is 5. The maximum Gasteiger partial charge on any atom is 0.185 e. The van der Waals surface area contributed by atoms with Crippen LogP contribution in [0.2, 0.25) is 0 Å². The molecule has 1 saturated heterocycles. The van der Waals surface area contributed by atoms with Crippen molar-refractivity contribution in [1.29, 1.82) is 0 Å². The molecule has 2 heterocycles. The Bertz CT molecular complexity index is 411. The molecule has 0 aromatic carbocycles. The first kappa shape index (κ1) is 16.1. The van der Waals surface area contributed by atoms with Gasteiger partial charge in [0.2, 0.25) is 0 Å². The van der Waals surface area contributed by atoms with Crippen molar-refractivity contribution in [1.82, 2.24) is 10.3 Å². The summed E-state index contributed by atoms with van der Waals surface area (Å²) in [6.07, 6.45) is 2.48. The molecule has 20 heavy (non-hydrogen) atoms. The molecule has 5 heteroatoms. The van der Waals surface area contributed by atoms with E-state index in [-0.39, 0.29) is 0 Å². The normalized spacial score (nSPS) is 18.9. The summed E-state index contributed by atoms with van der Waals surface area (Å²) in [5, 5.41) is 4.72. The van der Waals surface area contributed by atoms with E-state index in [9.17, 15) is 0 Å². The summed E-state index contributed by atoms with van der Waals surface area (Å²) >= 11 is 3.94. The topological polar surface area (TPSA) is 28.2 Å². The third kappa shape index (κ3) is 3.89. The second-order valence-corrected chi connectivity index (χ2v) is 7.98. The first-order chi connectivity index (χ1) is 9.63. The minimum Gasteiger partial charge on any atom is -0.347 e. The van der Waals surface area contributed by atoms with E-state index >= 15 is 0 Å². The lowest BCUT2D eigenvalue weighted by molar-refractivity contribution is 0.669. The minimum absolute atomic E-state index is 0.504. The number of thioether (sulfide) groups is 1. The third-order valence-electron chi connectivity index (χ3n) is 3.73. The number of rotatable bonds is 7. The van der Waals surface area contributed by atoms with Crippen LogP contribution in [-0.2, 0) is 6.54 Å². The zero-order valence-corrected chi connectivity index (χ0v) is 14.7. The summed E-state index contributed by atoms with van der Waals surface area (Å²) in [5.74, 6) is 3.04. The number of thiazole rings is 1. The van der Waals surface area contributed by atoms with Crippen LogP contribution in [0, 0.1) is 0 Å². The van der Waals surface area contributed by atoms with Crippen molar-refractivity contribution in [3.8, 4) is 0 Å². The smallest absolute Gasteiger partial charge is 0.185 e. The lowest BCUT2D eigenvalue weighted by Gasteiger charge is -2.22. The van der Waals surface area contributed by atoms with Gasteiger partial charge in [0.1, 0.15) is 0 Å². The zero-order valence-electron chi connectivity index (χ0n) is 13.1. The maximum absolute atomic E-state index is 4.93. The van der Waals surface area contributed by atoms with E-state index in [4.69, 9.17) is 4.98 Å². The fourth-order valence-electron chi connectivity index (χ4n) is 2.44. The summed E-state index contributed by atoms with van der Waals surface area (Å²) in [7, 11) is 2.21. The first-order valence-electron chi connectivity index (χ1n) is 7.64. The Hall–Kier alpha value is -0.260. The van der Waals surface area contributed by atoms with Crippen molar-refractivity contribution in [2.24, 2.45) is 0 Å². The molecule has 1 aromatic heterocycles. The fraction of sp³-hybridized carbons (Fsp3) is 0.800. The molecule has 1 aromatic rings. The van der Waals surface area contributed by atoms with E-state index in [1.807, 2.05) is 11.3 Å². The molecule has 1 fully saturated rings. The average molecular weight is 314 g/mol. The summed E-state index contributed by atoms with van der Waals surface area (Å²) in [4.78, 5) is 8.75. The number of aromatic nitrogens is 1. The zero-order chi connectivity index (χ0) is 14.5. The highest BCUT2D eigenvalue weighted by Gasteiger charge is 2.24. The monoisotopic (exact) mass is 313 g/mol. The molecule has 0 amide bonds. The Morgan fingerprint density at radius 2 is 2.25 bits per heavy atom. The van der Waals surface area contributed by atoms with Gasteiger partial charge in [0, 0.05) is 30.3 Å². The van der Waals surface area contributed by atoms with E-state index < -0.39 is 0 Å². The number of hydrogen-bond donors (Lipinski definition) is 1. The highest BCUT2D eigenvalue weighted by Crippen LogP contribution is 2.33. The number of nitrogens with zero attached hydrogens (tertiary/aromatic N) is 2. The van der Waals surface area contributed by atoms with Crippen LogP contribution in [0.1, 0.15) is 50.1 Å². The van der Waals surface area contributed by atoms with Crippen LogP contribution in [-0.4, -0.2) is 36.1 Å². The van der Waals surface area contributed by atoms with Gasteiger partial charge < -0.3 is 10.2 Å². The van der Waals surface area contributed by atoms with Gasteiger partial charge in [0.05, 0.1) is 5.69 Å². The van der Waals surface area contributed by atoms with Crippen LogP contribution in [0.5, 0.6) is 0 Å². The van der Waals surface area contributed by atoms with Gasteiger partial charge in [0.25, 0.3) is 0 Å². The quantitative estimate of drug-likeness (QED) is 0.777. The number of anilines is 1. The molecule has 0 spiro atoms. The molecular weight excluding hydrogens is 286 g/mol. The van der Waals surface area contributed by atoms with Crippen molar-refractivity contribution in [3.63, 3.8) is 0 Å². The Kier molecular flexibility index (Phi) is 6.18. The molecule has 0 bridgehead atoms. The van der Waals surface area contributed by atoms with E-state index in [0.717, 1.165) is 13.1 Å². The average Bonchev–Trinajstić information content (AvgIpc) is 3.07. The molecule has 1 aliphatic rings. The largest absolute Gasteiger partial charge is 0.347 e. The van der Waals surface area contributed by atoms with Gasteiger partial charge in [-0.25, -0.2) is 4.98 Å². The van der Waals surface area contributed by atoms with E-state index in [1.165, 1.54) is 40.0 Å². The Labute approximate surface area is 131 Å². The van der Waals surface area contributed by atoms with E-state index in [2.05, 4.69) is 49.8 Å². The first-order valence-corrected chi connectivity index (χ1v) is 9.61. The van der Waals surface area contributed by atoms with Crippen molar-refractivity contribution >= 4 is 28.2 Å². The van der Waals surface area contributed by atoms with Gasteiger partial charge in [-0.3, -0.25) is 0 Å². The predicted molar refractivity (Wildman–Crippen MR) is 92.3 cm³/mol. The Balaban J connectivity index is 2.10. The molecule has 0 saturated carbocycles. The lowest BCUT2D eigenvalue weighted by Crippen LogP contribution is -2.31. The molecule has 1 N–H and O–H groups in total. The molecule has 2 rings (SSSR count). The van der Waals surface area contributed by atoms with Crippen LogP contribution in [0.4, 0.5) is 5.13 Å². The lowest BCUT2D eigenvalue weighted by atomic mass is 10.1. The predicted octanol–water partition coefficient (Wildman–Crippen LogP) is 3.71. The molecular formula is C15H27N3S2. The van der Waals surface area contributed by atoms with Crippen molar-refractivity contribution < 1.29 is 0 Å². The van der Waals surface area contributed by atoms with Crippen LogP contribution in [0.25, 0.3) is 0 Å². The molecule has 0 radical (unpaired) electrons. The summed E-state index contributed by atoms with van der Waals surface area (Å²) in [6, 6.07) is 0.669. The molecule has 1 unspecified atom stereocenters. The second-order valence-electron chi connectivity index (χ2n) is 5.76. The van der Waals surface area contributed by atoms with E-state index in [1.54, 1.807) is 0 Å². The van der Waals surface area contributed by atoms with Gasteiger partial charge in [0.15, 0.2) is 5.13 Å². The maximum atomic E-state index is 4.93. The van der Waals surface area contributed by atoms with Crippen LogP contribution in [0.15, 0.2) is 0 Å². The second kappa shape index (κ2) is 7.66. The van der Waals surface area contributed by atoms with Crippen LogP contribution >= 0.6 is 23.1 Å². The summed E-state index contributed by atoms with van der Waals surface area (Å²) in [5.41, 5.74) is 1.28. The van der Waals surface area contributed by atoms with E-state index in [0.29, 0.717) is 12.0 Å². The molecule has 114 valence electrons. The van der Waals surface area contributed by atoms with Crippen LogP contribution < -0.4 is 10.2 Å². The summed E-state index contributed by atoms with van der Waals surface area (Å²) in [6.45, 7) is 8.74. The third-order valence-corrected chi connectivity index (χ3v) is 6.04. The standard InChI is InChI=1S/C15H27N3S2/c1-5-7-16-9-13-14(11(2)3)17-15(20-13)18(4)12-6-8-19-10-12/h11-12,16H,5-10H2,1-4H3. The molecule has 1 atom stereocenters. The van der Waals surface area contributed by atoms with Gasteiger partial charge in [-0.2, -0.15) is 11.8 Å². The van der Waals surface area contributed by atoms with Crippen molar-refractivity contribution in [2.45, 2.75) is 52.1 Å². The highest BCUT2D eigenvalue weighted by molar-refractivity contribution is 7.99. The molecule has 0 aliphatic carbocycles. The van der Waals surface area contributed by atoms with Gasteiger partial charge >= 0.3 is 0 Å². The summed E-state index contributed by atoms with van der Waals surface area (Å²) < 4.78 is 0. The van der Waals surface area contributed by atoms with Gasteiger partial charge in [-0.05, 0) is 31.1 Å². The van der Waals surface area contributed by atoms with Gasteiger partial charge in [-0.1, -0.05) is 20.8 Å². The van der Waals surface area contributed by atoms with Crippen LogP contribution in [0.3, 0.4) is 0 Å². The minimum atomic E-state index is 0.504. The molecule has 3 nitrogen and oxygen atoms in total. The highest BCUT2D eigenvalue weighted by atomic mass is 32.2. The SMILES string of the molecule is CCCNCc1sc(N(C)C2CCSC2)nc1C(C)C. The molecule has 1 aliphatic heterocycles. The van der Waals surface area contributed by atoms with Crippen molar-refractivity contribution in [3.05, 3.63) is 10.6 Å².